The molecule has 0 aromatic carbocycles. The normalized spacial score (nSPS) is 31.3. The van der Waals surface area contributed by atoms with Crippen molar-refractivity contribution in [2.24, 2.45) is 23.5 Å². The zero-order chi connectivity index (χ0) is 15.6. The monoisotopic (exact) mass is 342 g/mol. The van der Waals surface area contributed by atoms with Crippen LogP contribution in [0.5, 0.6) is 0 Å². The molecular formula is C15H26ClF3N2O. The van der Waals surface area contributed by atoms with Gasteiger partial charge in [0.1, 0.15) is 0 Å². The summed E-state index contributed by atoms with van der Waals surface area (Å²) >= 11 is 0. The van der Waals surface area contributed by atoms with Crippen molar-refractivity contribution in [1.82, 2.24) is 4.90 Å². The van der Waals surface area contributed by atoms with Gasteiger partial charge in [0.05, 0.1) is 5.92 Å². The smallest absolute Gasteiger partial charge is 0.342 e. The molecule has 22 heavy (non-hydrogen) atoms. The average molecular weight is 343 g/mol. The molecule has 1 heterocycles. The number of hydrogen-bond donors (Lipinski definition) is 1. The first-order chi connectivity index (χ1) is 9.80. The molecule has 7 heteroatoms. The number of likely N-dealkylation sites (tertiary alicyclic amines) is 1. The van der Waals surface area contributed by atoms with Gasteiger partial charge in [0.15, 0.2) is 0 Å². The number of amides is 1. The van der Waals surface area contributed by atoms with E-state index in [1.54, 1.807) is 4.90 Å². The topological polar surface area (TPSA) is 46.3 Å². The maximum absolute atomic E-state index is 13.1. The minimum atomic E-state index is -4.27. The molecule has 4 atom stereocenters. The second-order valence-electron chi connectivity index (χ2n) is 6.58. The lowest BCUT2D eigenvalue weighted by molar-refractivity contribution is -0.201. The first-order valence-electron chi connectivity index (χ1n) is 7.91. The molecule has 0 spiro atoms. The van der Waals surface area contributed by atoms with Crippen molar-refractivity contribution in [1.29, 1.82) is 0 Å². The second kappa shape index (κ2) is 7.86. The maximum Gasteiger partial charge on any atom is 0.392 e. The van der Waals surface area contributed by atoms with E-state index in [0.29, 0.717) is 32.4 Å². The molecule has 3 nitrogen and oxygen atoms in total. The summed E-state index contributed by atoms with van der Waals surface area (Å²) in [5.74, 6) is -2.45. The number of nitrogens with two attached hydrogens (primary N) is 1. The molecule has 0 radical (unpaired) electrons. The van der Waals surface area contributed by atoms with Crippen molar-refractivity contribution in [3.63, 3.8) is 0 Å². The fourth-order valence-electron chi connectivity index (χ4n) is 3.69. The van der Waals surface area contributed by atoms with Crippen LogP contribution in [0.4, 0.5) is 13.2 Å². The zero-order valence-corrected chi connectivity index (χ0v) is 13.8. The molecule has 1 amide bonds. The van der Waals surface area contributed by atoms with E-state index in [4.69, 9.17) is 5.73 Å². The Hall–Kier alpha value is -0.490. The average Bonchev–Trinajstić information content (AvgIpc) is 2.45. The third-order valence-electron chi connectivity index (χ3n) is 5.02. The molecule has 1 aliphatic heterocycles. The van der Waals surface area contributed by atoms with Gasteiger partial charge in [-0.3, -0.25) is 4.79 Å². The van der Waals surface area contributed by atoms with Crippen LogP contribution in [-0.2, 0) is 4.79 Å². The molecule has 1 aliphatic carbocycles. The van der Waals surface area contributed by atoms with Gasteiger partial charge < -0.3 is 10.6 Å². The van der Waals surface area contributed by atoms with Crippen LogP contribution in [0.2, 0.25) is 0 Å². The third-order valence-corrected chi connectivity index (χ3v) is 5.02. The highest BCUT2D eigenvalue weighted by Gasteiger charge is 2.49. The Bertz CT molecular complexity index is 376. The Morgan fingerprint density at radius 3 is 2.41 bits per heavy atom. The lowest BCUT2D eigenvalue weighted by Crippen LogP contribution is -2.50. The first-order valence-corrected chi connectivity index (χ1v) is 7.91. The number of alkyl halides is 3. The van der Waals surface area contributed by atoms with E-state index in [-0.39, 0.29) is 36.7 Å². The van der Waals surface area contributed by atoms with E-state index >= 15 is 0 Å². The Kier molecular flexibility index (Phi) is 6.99. The minimum absolute atomic E-state index is 0. The van der Waals surface area contributed by atoms with Gasteiger partial charge in [-0.2, -0.15) is 13.2 Å². The number of carbonyl (C=O) groups excluding carboxylic acids is 1. The van der Waals surface area contributed by atoms with Crippen LogP contribution in [0, 0.1) is 17.8 Å². The third kappa shape index (κ3) is 4.51. The molecule has 4 unspecified atom stereocenters. The Morgan fingerprint density at radius 1 is 1.18 bits per heavy atom. The van der Waals surface area contributed by atoms with Crippen LogP contribution in [0.1, 0.15) is 45.4 Å². The van der Waals surface area contributed by atoms with Crippen LogP contribution < -0.4 is 5.73 Å². The maximum atomic E-state index is 13.1. The highest BCUT2D eigenvalue weighted by molar-refractivity contribution is 5.85. The summed E-state index contributed by atoms with van der Waals surface area (Å²) in [6, 6.07) is -0.0228. The molecule has 2 aliphatic rings. The van der Waals surface area contributed by atoms with Gasteiger partial charge in [0.25, 0.3) is 0 Å². The highest BCUT2D eigenvalue weighted by atomic mass is 35.5. The lowest BCUT2D eigenvalue weighted by Gasteiger charge is -2.39. The van der Waals surface area contributed by atoms with Gasteiger partial charge in [-0.25, -0.2) is 0 Å². The van der Waals surface area contributed by atoms with Crippen LogP contribution >= 0.6 is 12.4 Å². The SMILES string of the molecule is CC(N)C1CCCN(C(=O)C2CCCCC2C(F)(F)F)C1.Cl. The van der Waals surface area contributed by atoms with E-state index in [9.17, 15) is 18.0 Å². The van der Waals surface area contributed by atoms with Crippen LogP contribution in [0.15, 0.2) is 0 Å². The molecule has 0 aromatic rings. The Balaban J connectivity index is 0.00000242. The van der Waals surface area contributed by atoms with Gasteiger partial charge >= 0.3 is 6.18 Å². The predicted molar refractivity (Wildman–Crippen MR) is 81.7 cm³/mol. The van der Waals surface area contributed by atoms with Crippen molar-refractivity contribution in [2.45, 2.75) is 57.7 Å². The molecule has 0 bridgehead atoms. The first kappa shape index (κ1) is 19.6. The number of halogens is 4. The Morgan fingerprint density at radius 2 is 1.82 bits per heavy atom. The molecule has 2 fully saturated rings. The fraction of sp³-hybridized carbons (Fsp3) is 0.933. The molecule has 2 N–H and O–H groups in total. The summed E-state index contributed by atoms with van der Waals surface area (Å²) < 4.78 is 39.4. The van der Waals surface area contributed by atoms with E-state index in [1.165, 1.54) is 0 Å². The molecular weight excluding hydrogens is 317 g/mol. The van der Waals surface area contributed by atoms with E-state index in [2.05, 4.69) is 0 Å². The van der Waals surface area contributed by atoms with Gasteiger partial charge in [0.2, 0.25) is 5.91 Å². The van der Waals surface area contributed by atoms with E-state index < -0.39 is 18.0 Å². The number of rotatable bonds is 2. The molecule has 2 rings (SSSR count). The number of carbonyl (C=O) groups is 1. The van der Waals surface area contributed by atoms with E-state index in [1.807, 2.05) is 6.92 Å². The minimum Gasteiger partial charge on any atom is -0.342 e. The van der Waals surface area contributed by atoms with E-state index in [0.717, 1.165) is 12.8 Å². The van der Waals surface area contributed by atoms with Crippen molar-refractivity contribution >= 4 is 18.3 Å². The molecule has 1 saturated heterocycles. The van der Waals surface area contributed by atoms with Crippen molar-refractivity contribution < 1.29 is 18.0 Å². The van der Waals surface area contributed by atoms with Gasteiger partial charge in [-0.15, -0.1) is 12.4 Å². The van der Waals surface area contributed by atoms with Crippen LogP contribution in [0.3, 0.4) is 0 Å². The number of piperidine rings is 1. The zero-order valence-electron chi connectivity index (χ0n) is 12.9. The van der Waals surface area contributed by atoms with Gasteiger partial charge in [-0.1, -0.05) is 12.8 Å². The molecule has 1 saturated carbocycles. The lowest BCUT2D eigenvalue weighted by atomic mass is 9.77. The highest BCUT2D eigenvalue weighted by Crippen LogP contribution is 2.42. The number of nitrogens with zero attached hydrogens (tertiary/aromatic N) is 1. The number of hydrogen-bond acceptors (Lipinski definition) is 2. The summed E-state index contributed by atoms with van der Waals surface area (Å²) in [6.45, 7) is 2.98. The standard InChI is InChI=1S/C15H25F3N2O.ClH/c1-10(19)11-5-4-8-20(9-11)14(21)12-6-2-3-7-13(12)15(16,17)18;/h10-13H,2-9,19H2,1H3;1H. The van der Waals surface area contributed by atoms with Crippen LogP contribution in [0.25, 0.3) is 0 Å². The van der Waals surface area contributed by atoms with Crippen molar-refractivity contribution in [3.05, 3.63) is 0 Å². The largest absolute Gasteiger partial charge is 0.392 e. The predicted octanol–water partition coefficient (Wildman–Crippen LogP) is 3.36. The second-order valence-corrected chi connectivity index (χ2v) is 6.58. The summed E-state index contributed by atoms with van der Waals surface area (Å²) in [5.41, 5.74) is 5.89. The summed E-state index contributed by atoms with van der Waals surface area (Å²) in [4.78, 5) is 14.2. The molecule has 0 aromatic heterocycles. The quantitative estimate of drug-likeness (QED) is 0.836. The van der Waals surface area contributed by atoms with Gasteiger partial charge in [-0.05, 0) is 38.5 Å². The Labute approximate surface area is 136 Å². The summed E-state index contributed by atoms with van der Waals surface area (Å²) in [5, 5.41) is 0. The van der Waals surface area contributed by atoms with Crippen LogP contribution in [-0.4, -0.2) is 36.1 Å². The summed E-state index contributed by atoms with van der Waals surface area (Å²) in [6.07, 6.45) is -0.746. The van der Waals surface area contributed by atoms with Crippen molar-refractivity contribution in [2.75, 3.05) is 13.1 Å². The molecule has 130 valence electrons. The fourth-order valence-corrected chi connectivity index (χ4v) is 3.69. The van der Waals surface area contributed by atoms with Gasteiger partial charge in [0, 0.05) is 25.0 Å². The van der Waals surface area contributed by atoms with Crippen molar-refractivity contribution in [3.8, 4) is 0 Å². The summed E-state index contributed by atoms with van der Waals surface area (Å²) in [7, 11) is 0.